The van der Waals surface area contributed by atoms with Gasteiger partial charge in [-0.05, 0) is 97.8 Å². The molecule has 0 radical (unpaired) electrons. The van der Waals surface area contributed by atoms with Crippen LogP contribution in [-0.4, -0.2) is 9.97 Å². The fourth-order valence-corrected chi connectivity index (χ4v) is 8.49. The van der Waals surface area contributed by atoms with Crippen molar-refractivity contribution in [3.63, 3.8) is 0 Å². The van der Waals surface area contributed by atoms with Gasteiger partial charge in [0, 0.05) is 9.34 Å². The molecule has 0 saturated heterocycles. The fraction of sp³-hybridized carbons (Fsp3) is 1.00. The molecule has 0 unspecified atom stereocenters. The van der Waals surface area contributed by atoms with Crippen LogP contribution in [0.25, 0.3) is 10.4 Å². The summed E-state index contributed by atoms with van der Waals surface area (Å²) in [5.41, 5.74) is 10.1. The molecule has 0 aromatic heterocycles. The number of halogens is 1. The molecule has 0 bridgehead atoms. The van der Waals surface area contributed by atoms with Crippen molar-refractivity contribution in [2.45, 2.75) is 83.6 Å². The molecule has 0 aliphatic heterocycles. The van der Waals surface area contributed by atoms with E-state index in [1.54, 1.807) is 0 Å². The number of nitrogens with zero attached hydrogens (tertiary/aromatic N) is 3. The molecule has 0 aromatic carbocycles. The van der Waals surface area contributed by atoms with Crippen molar-refractivity contribution in [2.24, 2.45) is 39.6 Å². The topological polar surface area (TPSA) is 48.8 Å². The average Bonchev–Trinajstić information content (AvgIpc) is 2.97. The molecule has 4 saturated carbocycles. The molecule has 0 N–H and O–H groups in total. The molecule has 4 fully saturated rings. The maximum Gasteiger partial charge on any atom is 0.0580 e. The Bertz CT molecular complexity index is 559. The van der Waals surface area contributed by atoms with Crippen LogP contribution < -0.4 is 0 Å². The van der Waals surface area contributed by atoms with Crippen LogP contribution >= 0.6 is 22.6 Å². The van der Waals surface area contributed by atoms with Crippen LogP contribution in [0.3, 0.4) is 0 Å². The molecular formula is C20H32IN3. The monoisotopic (exact) mass is 441 g/mol. The lowest BCUT2D eigenvalue weighted by Gasteiger charge is -2.61. The summed E-state index contributed by atoms with van der Waals surface area (Å²) in [7, 11) is 0. The van der Waals surface area contributed by atoms with E-state index < -0.39 is 0 Å². The van der Waals surface area contributed by atoms with Gasteiger partial charge in [-0.3, -0.25) is 0 Å². The van der Waals surface area contributed by atoms with Gasteiger partial charge in [-0.1, -0.05) is 48.0 Å². The largest absolute Gasteiger partial charge is 0.0865 e. The lowest BCUT2D eigenvalue weighted by Crippen LogP contribution is -2.55. The number of hydrogen-bond acceptors (Lipinski definition) is 1. The van der Waals surface area contributed by atoms with Crippen molar-refractivity contribution in [1.29, 1.82) is 0 Å². The Hall–Kier alpha value is 0.0400. The lowest BCUT2D eigenvalue weighted by atomic mass is 9.44. The molecule has 0 spiro atoms. The van der Waals surface area contributed by atoms with Gasteiger partial charge >= 0.3 is 0 Å². The number of rotatable bonds is 2. The van der Waals surface area contributed by atoms with E-state index in [1.807, 2.05) is 0 Å². The summed E-state index contributed by atoms with van der Waals surface area (Å²) in [6.07, 6.45) is 13.7. The Morgan fingerprint density at radius 2 is 1.88 bits per heavy atom. The summed E-state index contributed by atoms with van der Waals surface area (Å²) < 4.78 is 0.982. The second-order valence-electron chi connectivity index (χ2n) is 9.99. The standard InChI is InChI=1S/C20H32IN3/c1-18-8-3-4-16(18)15-6-5-14-12-20(13-21,23-24-22)11-10-19(14,2)17(15)7-9-18/h14-17H,3-13H2,1-2H3/t14-,15-,16-,17-,18-,19-,20+/m0/s1. The van der Waals surface area contributed by atoms with E-state index in [1.165, 1.54) is 51.4 Å². The minimum Gasteiger partial charge on any atom is -0.0865 e. The lowest BCUT2D eigenvalue weighted by molar-refractivity contribution is -0.112. The molecule has 134 valence electrons. The number of hydrogen-bond donors (Lipinski definition) is 0. The first-order valence-corrected chi connectivity index (χ1v) is 11.6. The molecule has 0 amide bonds. The molecule has 0 aromatic rings. The van der Waals surface area contributed by atoms with Crippen LogP contribution in [0.2, 0.25) is 0 Å². The third-order valence-electron chi connectivity index (χ3n) is 9.11. The summed E-state index contributed by atoms with van der Waals surface area (Å²) in [4.78, 5) is 3.22. The van der Waals surface area contributed by atoms with Gasteiger partial charge in [0.15, 0.2) is 0 Å². The van der Waals surface area contributed by atoms with Crippen molar-refractivity contribution in [3.05, 3.63) is 10.4 Å². The minimum atomic E-state index is -0.0944. The SMILES string of the molecule is C[C@@]12CCC[C@H]1[C@@H]1CC[C@H]3C[C@](CI)(N=[N+]=[N-])CC[C@]3(C)[C@H]1CC2. The number of alkyl halides is 1. The maximum absolute atomic E-state index is 9.05. The highest BCUT2D eigenvalue weighted by atomic mass is 127. The van der Waals surface area contributed by atoms with Crippen LogP contribution in [0.15, 0.2) is 5.11 Å². The molecule has 0 heterocycles. The van der Waals surface area contributed by atoms with E-state index in [4.69, 9.17) is 5.53 Å². The van der Waals surface area contributed by atoms with Gasteiger partial charge in [-0.15, -0.1) is 0 Å². The van der Waals surface area contributed by atoms with E-state index in [2.05, 4.69) is 46.5 Å². The molecule has 3 nitrogen and oxygen atoms in total. The first kappa shape index (κ1) is 17.5. The van der Waals surface area contributed by atoms with E-state index in [0.29, 0.717) is 10.8 Å². The molecule has 24 heavy (non-hydrogen) atoms. The summed E-state index contributed by atoms with van der Waals surface area (Å²) in [6.45, 7) is 5.21. The zero-order chi connectivity index (χ0) is 17.0. The van der Waals surface area contributed by atoms with E-state index in [-0.39, 0.29) is 5.54 Å². The van der Waals surface area contributed by atoms with Gasteiger partial charge in [0.1, 0.15) is 0 Å². The van der Waals surface area contributed by atoms with E-state index in [9.17, 15) is 0 Å². The highest BCUT2D eigenvalue weighted by Crippen LogP contribution is 2.67. The van der Waals surface area contributed by atoms with Gasteiger partial charge in [0.05, 0.1) is 5.54 Å². The Kier molecular flexibility index (Phi) is 4.39. The molecule has 4 aliphatic carbocycles. The van der Waals surface area contributed by atoms with E-state index in [0.717, 1.165) is 40.9 Å². The Morgan fingerprint density at radius 3 is 2.62 bits per heavy atom. The summed E-state index contributed by atoms with van der Waals surface area (Å²) in [5.74, 6) is 3.70. The zero-order valence-corrected chi connectivity index (χ0v) is 17.5. The minimum absolute atomic E-state index is 0.0944. The van der Waals surface area contributed by atoms with Crippen LogP contribution in [0.1, 0.15) is 78.1 Å². The zero-order valence-electron chi connectivity index (χ0n) is 15.3. The average molecular weight is 441 g/mol. The van der Waals surface area contributed by atoms with Crippen molar-refractivity contribution >= 4 is 22.6 Å². The van der Waals surface area contributed by atoms with Gasteiger partial charge < -0.3 is 0 Å². The fourth-order valence-electron chi connectivity index (χ4n) is 7.65. The van der Waals surface area contributed by atoms with Gasteiger partial charge in [0.2, 0.25) is 0 Å². The summed E-state index contributed by atoms with van der Waals surface area (Å²) >= 11 is 2.45. The Labute approximate surface area is 160 Å². The molecule has 4 heteroatoms. The van der Waals surface area contributed by atoms with Crippen molar-refractivity contribution in [2.75, 3.05) is 4.43 Å². The summed E-state index contributed by atoms with van der Waals surface area (Å²) in [5, 5.41) is 4.30. The second-order valence-corrected chi connectivity index (χ2v) is 10.8. The number of azide groups is 1. The van der Waals surface area contributed by atoms with E-state index >= 15 is 0 Å². The van der Waals surface area contributed by atoms with Crippen LogP contribution in [0.4, 0.5) is 0 Å². The first-order chi connectivity index (χ1) is 11.5. The molecular weight excluding hydrogens is 409 g/mol. The highest BCUT2D eigenvalue weighted by Gasteiger charge is 2.59. The van der Waals surface area contributed by atoms with Crippen molar-refractivity contribution in [1.82, 2.24) is 0 Å². The van der Waals surface area contributed by atoms with Gasteiger partial charge in [-0.2, -0.15) is 0 Å². The second kappa shape index (κ2) is 6.04. The predicted molar refractivity (Wildman–Crippen MR) is 107 cm³/mol. The van der Waals surface area contributed by atoms with Crippen molar-refractivity contribution < 1.29 is 0 Å². The quantitative estimate of drug-likeness (QED) is 0.147. The van der Waals surface area contributed by atoms with Crippen LogP contribution in [0, 0.1) is 34.5 Å². The van der Waals surface area contributed by atoms with Gasteiger partial charge in [-0.25, -0.2) is 0 Å². The van der Waals surface area contributed by atoms with Crippen LogP contribution in [-0.2, 0) is 0 Å². The molecule has 7 atom stereocenters. The third kappa shape index (κ3) is 2.46. The smallest absolute Gasteiger partial charge is 0.0580 e. The van der Waals surface area contributed by atoms with Gasteiger partial charge in [0.25, 0.3) is 0 Å². The normalized spacial score (nSPS) is 53.5. The Balaban J connectivity index is 1.60. The molecule has 4 aliphatic rings. The maximum atomic E-state index is 9.05. The Morgan fingerprint density at radius 1 is 1.04 bits per heavy atom. The highest BCUT2D eigenvalue weighted by molar-refractivity contribution is 14.1. The number of fused-ring (bicyclic) bond motifs is 5. The molecule has 4 rings (SSSR count). The van der Waals surface area contributed by atoms with Crippen LogP contribution in [0.5, 0.6) is 0 Å². The van der Waals surface area contributed by atoms with Crippen molar-refractivity contribution in [3.8, 4) is 0 Å². The third-order valence-corrected chi connectivity index (χ3v) is 10.5. The summed E-state index contributed by atoms with van der Waals surface area (Å²) in [6, 6.07) is 0. The first-order valence-electron chi connectivity index (χ1n) is 10.1. The predicted octanol–water partition coefficient (Wildman–Crippen LogP) is 6.90.